The molecule has 0 spiro atoms. The number of carboxylic acids is 1. The Kier molecular flexibility index (Phi) is 4.99. The van der Waals surface area contributed by atoms with Gasteiger partial charge in [0, 0.05) is 18.1 Å². The molecule has 1 saturated carbocycles. The average Bonchev–Trinajstić information content (AvgIpc) is 3.01. The minimum atomic E-state index is -0.778. The number of benzene rings is 1. The first-order chi connectivity index (χ1) is 10.6. The largest absolute Gasteiger partial charge is 0.481 e. The van der Waals surface area contributed by atoms with Gasteiger partial charge in [0.05, 0.1) is 5.92 Å². The van der Waals surface area contributed by atoms with Crippen LogP contribution in [0.25, 0.3) is 0 Å². The maximum absolute atomic E-state index is 11.4. The quantitative estimate of drug-likeness (QED) is 0.822. The predicted octanol–water partition coefficient (Wildman–Crippen LogP) is 4.06. The van der Waals surface area contributed by atoms with E-state index in [0.29, 0.717) is 5.75 Å². The molecule has 1 fully saturated rings. The number of rotatable bonds is 5. The molecule has 0 heterocycles. The van der Waals surface area contributed by atoms with Gasteiger partial charge in [-0.05, 0) is 30.4 Å². The molecule has 126 valence electrons. The van der Waals surface area contributed by atoms with E-state index in [2.05, 4.69) is 0 Å². The van der Waals surface area contributed by atoms with Crippen molar-refractivity contribution in [3.63, 3.8) is 0 Å². The van der Waals surface area contributed by atoms with Crippen LogP contribution in [0.2, 0.25) is 0 Å². The van der Waals surface area contributed by atoms with Gasteiger partial charge in [-0.3, -0.25) is 4.79 Å². The topological polar surface area (TPSA) is 55.8 Å². The van der Waals surface area contributed by atoms with Gasteiger partial charge in [-0.2, -0.15) is 0 Å². The van der Waals surface area contributed by atoms with E-state index in [4.69, 9.17) is 21.7 Å². The molecule has 1 aromatic rings. The van der Waals surface area contributed by atoms with E-state index >= 15 is 0 Å². The summed E-state index contributed by atoms with van der Waals surface area (Å²) in [6.07, 6.45) is -0.274. The van der Waals surface area contributed by atoms with Crippen LogP contribution in [-0.4, -0.2) is 22.4 Å². The molecule has 1 N–H and O–H groups in total. The van der Waals surface area contributed by atoms with Gasteiger partial charge in [-0.1, -0.05) is 45.4 Å². The highest BCUT2D eigenvalue weighted by molar-refractivity contribution is 7.79. The SMILES string of the molecule is Cc1ccc(OC(=S)OC(C(C)C)C2C(C(=O)O)C2(C)C)cc1. The number of aliphatic carboxylic acids is 1. The fourth-order valence-corrected chi connectivity index (χ4v) is 3.43. The maximum Gasteiger partial charge on any atom is 0.358 e. The average molecular weight is 336 g/mol. The highest BCUT2D eigenvalue weighted by Crippen LogP contribution is 2.61. The van der Waals surface area contributed by atoms with Crippen molar-refractivity contribution in [2.45, 2.75) is 40.7 Å². The fourth-order valence-electron chi connectivity index (χ4n) is 3.22. The second kappa shape index (κ2) is 6.48. The number of ether oxygens (including phenoxy) is 2. The number of hydrogen-bond donors (Lipinski definition) is 1. The molecular formula is C18H24O4S. The highest BCUT2D eigenvalue weighted by Gasteiger charge is 2.66. The Morgan fingerprint density at radius 2 is 1.83 bits per heavy atom. The third-order valence-electron chi connectivity index (χ3n) is 4.64. The Balaban J connectivity index is 2.04. The first-order valence-corrected chi connectivity index (χ1v) is 8.23. The Morgan fingerprint density at radius 3 is 2.26 bits per heavy atom. The van der Waals surface area contributed by atoms with E-state index in [-0.39, 0.29) is 28.6 Å². The first kappa shape index (κ1) is 17.7. The second-order valence-corrected chi connectivity index (χ2v) is 7.49. The van der Waals surface area contributed by atoms with Crippen LogP contribution >= 0.6 is 12.2 Å². The normalized spacial score (nSPS) is 23.2. The van der Waals surface area contributed by atoms with Crippen molar-refractivity contribution in [3.8, 4) is 5.75 Å². The van der Waals surface area contributed by atoms with Crippen LogP contribution in [-0.2, 0) is 9.53 Å². The molecule has 2 rings (SSSR count). The minimum Gasteiger partial charge on any atom is -0.481 e. The van der Waals surface area contributed by atoms with Gasteiger partial charge < -0.3 is 14.6 Å². The summed E-state index contributed by atoms with van der Waals surface area (Å²) in [7, 11) is 0. The summed E-state index contributed by atoms with van der Waals surface area (Å²) in [4.78, 5) is 11.4. The Morgan fingerprint density at radius 1 is 1.26 bits per heavy atom. The van der Waals surface area contributed by atoms with Crippen LogP contribution in [0.3, 0.4) is 0 Å². The third-order valence-corrected chi connectivity index (χ3v) is 4.82. The van der Waals surface area contributed by atoms with Gasteiger partial charge in [0.1, 0.15) is 11.9 Å². The molecule has 0 radical (unpaired) electrons. The van der Waals surface area contributed by atoms with Crippen molar-refractivity contribution >= 4 is 23.4 Å². The summed E-state index contributed by atoms with van der Waals surface area (Å²) in [6, 6.07) is 7.53. The molecule has 0 saturated heterocycles. The maximum atomic E-state index is 11.4. The molecular weight excluding hydrogens is 312 g/mol. The lowest BCUT2D eigenvalue weighted by atomic mass is 9.97. The van der Waals surface area contributed by atoms with Gasteiger partial charge in [0.15, 0.2) is 0 Å². The highest BCUT2D eigenvalue weighted by atomic mass is 32.1. The number of aryl methyl sites for hydroxylation is 1. The molecule has 3 atom stereocenters. The van der Waals surface area contributed by atoms with Gasteiger partial charge in [-0.25, -0.2) is 0 Å². The van der Waals surface area contributed by atoms with Crippen molar-refractivity contribution in [2.75, 3.05) is 0 Å². The van der Waals surface area contributed by atoms with Gasteiger partial charge in [0.2, 0.25) is 0 Å². The Bertz CT molecular complexity index is 592. The molecule has 23 heavy (non-hydrogen) atoms. The standard InChI is InChI=1S/C18H24O4S/c1-10(2)15(13-14(16(19)20)18(13,4)5)22-17(23)21-12-8-6-11(3)7-9-12/h6-10,13-15H,1-5H3,(H,19,20). The summed E-state index contributed by atoms with van der Waals surface area (Å²) >= 11 is 5.20. The van der Waals surface area contributed by atoms with E-state index in [1.165, 1.54) is 0 Å². The summed E-state index contributed by atoms with van der Waals surface area (Å²) in [5.41, 5.74) is 0.841. The lowest BCUT2D eigenvalue weighted by Gasteiger charge is -2.24. The van der Waals surface area contributed by atoms with Gasteiger partial charge >= 0.3 is 11.2 Å². The van der Waals surface area contributed by atoms with Crippen molar-refractivity contribution < 1.29 is 19.4 Å². The third kappa shape index (κ3) is 3.83. The molecule has 3 unspecified atom stereocenters. The van der Waals surface area contributed by atoms with Crippen LogP contribution in [0.1, 0.15) is 33.3 Å². The van der Waals surface area contributed by atoms with Crippen molar-refractivity contribution in [1.29, 1.82) is 0 Å². The molecule has 5 heteroatoms. The zero-order valence-electron chi connectivity index (χ0n) is 14.2. The molecule has 0 bridgehead atoms. The van der Waals surface area contributed by atoms with Crippen molar-refractivity contribution in [2.24, 2.45) is 23.2 Å². The van der Waals surface area contributed by atoms with Crippen molar-refractivity contribution in [3.05, 3.63) is 29.8 Å². The van der Waals surface area contributed by atoms with E-state index in [9.17, 15) is 9.90 Å². The monoisotopic (exact) mass is 336 g/mol. The summed E-state index contributed by atoms with van der Waals surface area (Å²) in [5, 5.41) is 9.41. The predicted molar refractivity (Wildman–Crippen MR) is 92.5 cm³/mol. The second-order valence-electron chi connectivity index (χ2n) is 7.15. The van der Waals surface area contributed by atoms with Crippen molar-refractivity contribution in [1.82, 2.24) is 0 Å². The Hall–Kier alpha value is -1.62. The van der Waals surface area contributed by atoms with E-state index in [1.807, 2.05) is 58.9 Å². The zero-order chi connectivity index (χ0) is 17.4. The molecule has 0 aliphatic heterocycles. The minimum absolute atomic E-state index is 0.0411. The smallest absolute Gasteiger partial charge is 0.358 e. The lowest BCUT2D eigenvalue weighted by molar-refractivity contribution is -0.139. The number of carboxylic acid groups (broad SMARTS) is 1. The van der Waals surface area contributed by atoms with E-state index in [0.717, 1.165) is 5.56 Å². The number of carbonyl (C=O) groups is 1. The van der Waals surface area contributed by atoms with Crippen LogP contribution in [0, 0.1) is 30.1 Å². The fraction of sp³-hybridized carbons (Fsp3) is 0.556. The zero-order valence-corrected chi connectivity index (χ0v) is 15.0. The van der Waals surface area contributed by atoms with Gasteiger partial charge in [0.25, 0.3) is 0 Å². The number of hydrogen-bond acceptors (Lipinski definition) is 4. The summed E-state index contributed by atoms with van der Waals surface area (Å²) in [5.74, 6) is -0.493. The van der Waals surface area contributed by atoms with Crippen LogP contribution in [0.15, 0.2) is 24.3 Å². The molecule has 0 amide bonds. The lowest BCUT2D eigenvalue weighted by Crippen LogP contribution is -2.29. The Labute approximate surface area is 142 Å². The molecule has 1 aromatic carbocycles. The van der Waals surface area contributed by atoms with Crippen LogP contribution in [0.4, 0.5) is 0 Å². The van der Waals surface area contributed by atoms with Crippen LogP contribution in [0.5, 0.6) is 5.75 Å². The summed E-state index contributed by atoms with van der Waals surface area (Å²) < 4.78 is 11.4. The molecule has 4 nitrogen and oxygen atoms in total. The van der Waals surface area contributed by atoms with Crippen LogP contribution < -0.4 is 4.74 Å². The molecule has 1 aliphatic rings. The molecule has 1 aliphatic carbocycles. The first-order valence-electron chi connectivity index (χ1n) is 7.82. The summed E-state index contributed by atoms with van der Waals surface area (Å²) in [6.45, 7) is 9.92. The number of thiocarbonyl (C=S) groups is 1. The molecule has 0 aromatic heterocycles. The van der Waals surface area contributed by atoms with Gasteiger partial charge in [-0.15, -0.1) is 0 Å². The van der Waals surface area contributed by atoms with E-state index < -0.39 is 11.9 Å². The van der Waals surface area contributed by atoms with E-state index in [1.54, 1.807) is 0 Å².